The Morgan fingerprint density at radius 2 is 1.97 bits per heavy atom. The number of nitrogens with one attached hydrogen (secondary N) is 1. The molecule has 0 aromatic heterocycles. The van der Waals surface area contributed by atoms with Crippen LogP contribution in [0.2, 0.25) is 5.02 Å². The molecule has 1 heterocycles. The van der Waals surface area contributed by atoms with Gasteiger partial charge in [0, 0.05) is 18.8 Å². The van der Waals surface area contributed by atoms with Crippen LogP contribution in [0.15, 0.2) is 41.3 Å². The normalized spacial score (nSPS) is 17.5. The Labute approximate surface area is 183 Å². The highest BCUT2D eigenvalue weighted by molar-refractivity contribution is 7.89. The van der Waals surface area contributed by atoms with Crippen molar-refractivity contribution in [2.45, 2.75) is 38.5 Å². The van der Waals surface area contributed by atoms with Crippen molar-refractivity contribution >= 4 is 33.2 Å². The minimum Gasteiger partial charge on any atom is -0.492 e. The number of nitrogens with zero attached hydrogens (tertiary/aromatic N) is 1. The van der Waals surface area contributed by atoms with Crippen LogP contribution in [0.3, 0.4) is 0 Å². The number of benzene rings is 2. The van der Waals surface area contributed by atoms with E-state index in [1.54, 1.807) is 6.07 Å². The lowest BCUT2D eigenvalue weighted by Gasteiger charge is -2.31. The molecular weight excluding hydrogens is 424 g/mol. The van der Waals surface area contributed by atoms with Gasteiger partial charge in [0.25, 0.3) is 0 Å². The van der Waals surface area contributed by atoms with Crippen LogP contribution in [0, 0.1) is 19.8 Å². The van der Waals surface area contributed by atoms with Crippen molar-refractivity contribution in [2.75, 3.05) is 25.0 Å². The van der Waals surface area contributed by atoms with Crippen molar-refractivity contribution in [2.24, 2.45) is 5.92 Å². The zero-order valence-electron chi connectivity index (χ0n) is 17.4. The van der Waals surface area contributed by atoms with Gasteiger partial charge in [-0.1, -0.05) is 17.7 Å². The lowest BCUT2D eigenvalue weighted by molar-refractivity contribution is -0.120. The van der Waals surface area contributed by atoms with Crippen LogP contribution in [0.1, 0.15) is 30.9 Å². The first-order valence-electron chi connectivity index (χ1n) is 10.0. The van der Waals surface area contributed by atoms with E-state index in [4.69, 9.17) is 16.3 Å². The molecule has 2 aromatic rings. The van der Waals surface area contributed by atoms with Crippen LogP contribution in [0.4, 0.5) is 5.69 Å². The Morgan fingerprint density at radius 1 is 1.20 bits per heavy atom. The molecule has 0 saturated carbocycles. The molecule has 30 heavy (non-hydrogen) atoms. The highest BCUT2D eigenvalue weighted by Gasteiger charge is 2.33. The number of halogens is 1. The number of sulfonamides is 1. The van der Waals surface area contributed by atoms with Crippen LogP contribution in [0.25, 0.3) is 0 Å². The van der Waals surface area contributed by atoms with Crippen LogP contribution < -0.4 is 10.1 Å². The zero-order valence-corrected chi connectivity index (χ0v) is 19.0. The minimum absolute atomic E-state index is 0.103. The molecule has 1 atom stereocenters. The van der Waals surface area contributed by atoms with Gasteiger partial charge in [-0.25, -0.2) is 8.42 Å². The average Bonchev–Trinajstić information content (AvgIpc) is 2.72. The SMILES string of the molecule is CCOc1ccc(S(=O)(=O)N2CCC[C@H](C(=O)Nc3ccc(C)c(C)c3)C2)cc1Cl. The molecule has 1 aliphatic heterocycles. The first kappa shape index (κ1) is 22.6. The maximum absolute atomic E-state index is 13.1. The molecule has 0 spiro atoms. The summed E-state index contributed by atoms with van der Waals surface area (Å²) in [5.74, 6) is -0.126. The van der Waals surface area contributed by atoms with Gasteiger partial charge < -0.3 is 10.1 Å². The molecular formula is C22H27ClN2O4S. The number of carbonyl (C=O) groups excluding carboxylic acids is 1. The maximum Gasteiger partial charge on any atom is 0.243 e. The smallest absolute Gasteiger partial charge is 0.243 e. The number of anilines is 1. The number of rotatable bonds is 6. The Bertz CT molecular complexity index is 1040. The van der Waals surface area contributed by atoms with E-state index >= 15 is 0 Å². The number of piperidine rings is 1. The molecule has 0 unspecified atom stereocenters. The van der Waals surface area contributed by atoms with Crippen LogP contribution >= 0.6 is 11.6 Å². The van der Waals surface area contributed by atoms with Gasteiger partial charge in [-0.05, 0) is 75.1 Å². The van der Waals surface area contributed by atoms with Gasteiger partial charge in [0.1, 0.15) is 5.75 Å². The fourth-order valence-corrected chi connectivity index (χ4v) is 5.35. The van der Waals surface area contributed by atoms with E-state index in [9.17, 15) is 13.2 Å². The summed E-state index contributed by atoms with van der Waals surface area (Å²) in [5.41, 5.74) is 2.96. The van der Waals surface area contributed by atoms with Gasteiger partial charge >= 0.3 is 0 Å². The second kappa shape index (κ2) is 9.37. The summed E-state index contributed by atoms with van der Waals surface area (Å²) in [5, 5.41) is 3.17. The zero-order chi connectivity index (χ0) is 21.9. The number of amides is 1. The largest absolute Gasteiger partial charge is 0.492 e. The number of aryl methyl sites for hydroxylation is 2. The predicted octanol–water partition coefficient (Wildman–Crippen LogP) is 4.39. The van der Waals surface area contributed by atoms with E-state index in [1.807, 2.05) is 39.0 Å². The maximum atomic E-state index is 13.1. The fourth-order valence-electron chi connectivity index (χ4n) is 3.50. The first-order valence-corrected chi connectivity index (χ1v) is 11.8. The summed E-state index contributed by atoms with van der Waals surface area (Å²) in [6.45, 7) is 6.79. The Kier molecular flexibility index (Phi) is 7.06. The van der Waals surface area contributed by atoms with E-state index in [0.29, 0.717) is 31.7 Å². The van der Waals surface area contributed by atoms with Gasteiger partial charge in [0.2, 0.25) is 15.9 Å². The average molecular weight is 451 g/mol. The molecule has 1 saturated heterocycles. The van der Waals surface area contributed by atoms with E-state index in [2.05, 4.69) is 5.32 Å². The predicted molar refractivity (Wildman–Crippen MR) is 119 cm³/mol. The summed E-state index contributed by atoms with van der Waals surface area (Å²) in [6, 6.07) is 10.2. The highest BCUT2D eigenvalue weighted by atomic mass is 35.5. The van der Waals surface area contributed by atoms with Gasteiger partial charge in [-0.2, -0.15) is 4.31 Å². The van der Waals surface area contributed by atoms with Crippen molar-refractivity contribution in [1.29, 1.82) is 0 Å². The molecule has 0 aliphatic carbocycles. The molecule has 1 aliphatic rings. The second-order valence-electron chi connectivity index (χ2n) is 7.52. The summed E-state index contributed by atoms with van der Waals surface area (Å²) >= 11 is 6.17. The third kappa shape index (κ3) is 4.96. The van der Waals surface area contributed by atoms with Crippen molar-refractivity contribution in [3.8, 4) is 5.75 Å². The standard InChI is InChI=1S/C22H27ClN2O4S/c1-4-29-21-10-9-19(13-20(21)23)30(27,28)25-11-5-6-17(14-25)22(26)24-18-8-7-15(2)16(3)12-18/h7-10,12-13,17H,4-6,11,14H2,1-3H3,(H,24,26)/t17-/m0/s1. The molecule has 1 N–H and O–H groups in total. The molecule has 1 fully saturated rings. The number of hydrogen-bond donors (Lipinski definition) is 1. The van der Waals surface area contributed by atoms with Crippen LogP contribution in [-0.2, 0) is 14.8 Å². The van der Waals surface area contributed by atoms with Gasteiger partial charge in [0.15, 0.2) is 0 Å². The first-order chi connectivity index (χ1) is 14.2. The molecule has 0 bridgehead atoms. The van der Waals surface area contributed by atoms with Crippen LogP contribution in [-0.4, -0.2) is 38.3 Å². The number of ether oxygens (including phenoxy) is 1. The topological polar surface area (TPSA) is 75.7 Å². The van der Waals surface area contributed by atoms with Crippen LogP contribution in [0.5, 0.6) is 5.75 Å². The van der Waals surface area contributed by atoms with Gasteiger partial charge in [-0.3, -0.25) is 4.79 Å². The molecule has 6 nitrogen and oxygen atoms in total. The van der Waals surface area contributed by atoms with E-state index in [-0.39, 0.29) is 22.4 Å². The monoisotopic (exact) mass is 450 g/mol. The van der Waals surface area contributed by atoms with Gasteiger partial charge in [0.05, 0.1) is 22.4 Å². The Morgan fingerprint density at radius 3 is 2.63 bits per heavy atom. The van der Waals surface area contributed by atoms with Crippen molar-refractivity contribution in [3.63, 3.8) is 0 Å². The molecule has 0 radical (unpaired) electrons. The second-order valence-corrected chi connectivity index (χ2v) is 9.86. The van der Waals surface area contributed by atoms with E-state index < -0.39 is 15.9 Å². The summed E-state index contributed by atoms with van der Waals surface area (Å²) in [4.78, 5) is 12.9. The lowest BCUT2D eigenvalue weighted by Crippen LogP contribution is -2.43. The van der Waals surface area contributed by atoms with Crippen molar-refractivity contribution in [3.05, 3.63) is 52.5 Å². The number of carbonyl (C=O) groups is 1. The van der Waals surface area contributed by atoms with Gasteiger partial charge in [-0.15, -0.1) is 0 Å². The molecule has 1 amide bonds. The Hall–Kier alpha value is -2.09. The van der Waals surface area contributed by atoms with Crippen molar-refractivity contribution < 1.29 is 17.9 Å². The number of hydrogen-bond acceptors (Lipinski definition) is 4. The van der Waals surface area contributed by atoms with Crippen molar-refractivity contribution in [1.82, 2.24) is 4.31 Å². The third-order valence-electron chi connectivity index (χ3n) is 5.37. The quantitative estimate of drug-likeness (QED) is 0.707. The third-order valence-corrected chi connectivity index (χ3v) is 7.53. The highest BCUT2D eigenvalue weighted by Crippen LogP contribution is 2.30. The summed E-state index contributed by atoms with van der Waals surface area (Å²) in [7, 11) is -3.75. The summed E-state index contributed by atoms with van der Waals surface area (Å²) in [6.07, 6.45) is 1.27. The van der Waals surface area contributed by atoms with E-state index in [0.717, 1.165) is 16.8 Å². The molecule has 2 aromatic carbocycles. The Balaban J connectivity index is 1.73. The summed E-state index contributed by atoms with van der Waals surface area (Å²) < 4.78 is 33.0. The molecule has 162 valence electrons. The fraction of sp³-hybridized carbons (Fsp3) is 0.409. The molecule has 3 rings (SSSR count). The lowest BCUT2D eigenvalue weighted by atomic mass is 9.98. The minimum atomic E-state index is -3.75. The molecule has 8 heteroatoms. The van der Waals surface area contributed by atoms with E-state index in [1.165, 1.54) is 16.4 Å².